The van der Waals surface area contributed by atoms with Crippen molar-refractivity contribution in [1.82, 2.24) is 0 Å². The maximum absolute atomic E-state index is 11.6. The first kappa shape index (κ1) is 13.5. The number of hydrogen-bond acceptors (Lipinski definition) is 2. The van der Waals surface area contributed by atoms with E-state index in [4.69, 9.17) is 4.74 Å². The zero-order valence-corrected chi connectivity index (χ0v) is 10.2. The zero-order valence-electron chi connectivity index (χ0n) is 10.2. The van der Waals surface area contributed by atoms with Gasteiger partial charge in [-0.25, -0.2) is 0 Å². The van der Waals surface area contributed by atoms with Crippen LogP contribution in [0.15, 0.2) is 0 Å². The average molecular weight is 200 g/mol. The molecule has 0 spiro atoms. The van der Waals surface area contributed by atoms with Crippen LogP contribution in [0.5, 0.6) is 0 Å². The van der Waals surface area contributed by atoms with Crippen LogP contribution in [0, 0.1) is 11.3 Å². The Balaban J connectivity index is 3.99. The minimum atomic E-state index is -0.0506. The average Bonchev–Trinajstić information content (AvgIpc) is 2.17. The lowest BCUT2D eigenvalue weighted by Crippen LogP contribution is -2.29. The summed E-state index contributed by atoms with van der Waals surface area (Å²) >= 11 is 0. The highest BCUT2D eigenvalue weighted by molar-refractivity contribution is 5.72. The first-order valence-electron chi connectivity index (χ1n) is 5.62. The third-order valence-electron chi connectivity index (χ3n) is 3.18. The SMILES string of the molecule is CCCCOC(=O)C(C)C(C)(C)CC. The Morgan fingerprint density at radius 2 is 1.93 bits per heavy atom. The summed E-state index contributed by atoms with van der Waals surface area (Å²) in [7, 11) is 0. The van der Waals surface area contributed by atoms with Crippen molar-refractivity contribution < 1.29 is 9.53 Å². The fraction of sp³-hybridized carbons (Fsp3) is 0.917. The Labute approximate surface area is 88.0 Å². The lowest BCUT2D eigenvalue weighted by atomic mass is 9.78. The molecular weight excluding hydrogens is 176 g/mol. The van der Waals surface area contributed by atoms with Gasteiger partial charge in [-0.3, -0.25) is 4.79 Å². The van der Waals surface area contributed by atoms with Crippen LogP contribution in [0.25, 0.3) is 0 Å². The minimum Gasteiger partial charge on any atom is -0.465 e. The van der Waals surface area contributed by atoms with Crippen molar-refractivity contribution in [2.45, 2.75) is 53.9 Å². The molecule has 0 saturated carbocycles. The maximum atomic E-state index is 11.6. The van der Waals surface area contributed by atoms with Gasteiger partial charge in [-0.2, -0.15) is 0 Å². The molecule has 0 aromatic heterocycles. The fourth-order valence-electron chi connectivity index (χ4n) is 1.07. The molecule has 0 aromatic carbocycles. The van der Waals surface area contributed by atoms with E-state index in [0.29, 0.717) is 6.61 Å². The number of carbonyl (C=O) groups excluding carboxylic acids is 1. The van der Waals surface area contributed by atoms with E-state index in [2.05, 4.69) is 27.7 Å². The van der Waals surface area contributed by atoms with Gasteiger partial charge in [0, 0.05) is 0 Å². The molecule has 0 aliphatic rings. The number of hydrogen-bond donors (Lipinski definition) is 0. The first-order valence-corrected chi connectivity index (χ1v) is 5.62. The molecule has 0 bridgehead atoms. The topological polar surface area (TPSA) is 26.3 Å². The Bertz CT molecular complexity index is 173. The molecule has 0 fully saturated rings. The summed E-state index contributed by atoms with van der Waals surface area (Å²) in [4.78, 5) is 11.6. The van der Waals surface area contributed by atoms with E-state index in [0.717, 1.165) is 19.3 Å². The molecule has 0 heterocycles. The Hall–Kier alpha value is -0.530. The van der Waals surface area contributed by atoms with Crippen LogP contribution in [0.4, 0.5) is 0 Å². The summed E-state index contributed by atoms with van der Waals surface area (Å²) in [6.07, 6.45) is 3.03. The number of ether oxygens (including phenoxy) is 1. The van der Waals surface area contributed by atoms with Crippen molar-refractivity contribution in [1.29, 1.82) is 0 Å². The van der Waals surface area contributed by atoms with Gasteiger partial charge in [0.1, 0.15) is 0 Å². The molecule has 2 nitrogen and oxygen atoms in total. The normalized spacial score (nSPS) is 13.8. The summed E-state index contributed by atoms with van der Waals surface area (Å²) in [6, 6.07) is 0. The van der Waals surface area contributed by atoms with Crippen molar-refractivity contribution in [3.8, 4) is 0 Å². The quantitative estimate of drug-likeness (QED) is 0.485. The molecule has 1 unspecified atom stereocenters. The van der Waals surface area contributed by atoms with E-state index in [9.17, 15) is 4.79 Å². The summed E-state index contributed by atoms with van der Waals surface area (Å²) < 4.78 is 5.19. The Morgan fingerprint density at radius 3 is 2.36 bits per heavy atom. The second-order valence-electron chi connectivity index (χ2n) is 4.58. The molecule has 0 aliphatic carbocycles. The standard InChI is InChI=1S/C12H24O2/c1-6-8-9-14-11(13)10(3)12(4,5)7-2/h10H,6-9H2,1-5H3. The lowest BCUT2D eigenvalue weighted by molar-refractivity contribution is -0.152. The molecule has 0 rings (SSSR count). The largest absolute Gasteiger partial charge is 0.465 e. The lowest BCUT2D eigenvalue weighted by Gasteiger charge is -2.28. The number of carbonyl (C=O) groups is 1. The second kappa shape index (κ2) is 6.05. The second-order valence-corrected chi connectivity index (χ2v) is 4.58. The van der Waals surface area contributed by atoms with Crippen molar-refractivity contribution in [2.75, 3.05) is 6.61 Å². The molecule has 0 amide bonds. The zero-order chi connectivity index (χ0) is 11.2. The predicted octanol–water partition coefficient (Wildman–Crippen LogP) is 3.40. The highest BCUT2D eigenvalue weighted by Crippen LogP contribution is 2.30. The molecule has 84 valence electrons. The van der Waals surface area contributed by atoms with Crippen LogP contribution in [-0.2, 0) is 9.53 Å². The van der Waals surface area contributed by atoms with Crippen LogP contribution < -0.4 is 0 Å². The van der Waals surface area contributed by atoms with E-state index in [-0.39, 0.29) is 17.3 Å². The number of rotatable bonds is 6. The van der Waals surface area contributed by atoms with Crippen LogP contribution in [-0.4, -0.2) is 12.6 Å². The van der Waals surface area contributed by atoms with Gasteiger partial charge in [-0.15, -0.1) is 0 Å². The summed E-state index contributed by atoms with van der Waals surface area (Å²) in [5, 5.41) is 0. The van der Waals surface area contributed by atoms with Gasteiger partial charge >= 0.3 is 5.97 Å². The van der Waals surface area contributed by atoms with Crippen molar-refractivity contribution in [3.05, 3.63) is 0 Å². The molecule has 0 radical (unpaired) electrons. The van der Waals surface area contributed by atoms with Gasteiger partial charge in [0.15, 0.2) is 0 Å². The highest BCUT2D eigenvalue weighted by atomic mass is 16.5. The third kappa shape index (κ3) is 4.12. The van der Waals surface area contributed by atoms with Gasteiger partial charge in [0.2, 0.25) is 0 Å². The molecule has 2 heteroatoms. The smallest absolute Gasteiger partial charge is 0.309 e. The van der Waals surface area contributed by atoms with E-state index in [1.165, 1.54) is 0 Å². The third-order valence-corrected chi connectivity index (χ3v) is 3.18. The molecule has 14 heavy (non-hydrogen) atoms. The Kier molecular flexibility index (Phi) is 5.82. The van der Waals surface area contributed by atoms with Crippen LogP contribution >= 0.6 is 0 Å². The van der Waals surface area contributed by atoms with Crippen LogP contribution in [0.3, 0.4) is 0 Å². The summed E-state index contributed by atoms with van der Waals surface area (Å²) in [5.41, 5.74) is 0.0449. The van der Waals surface area contributed by atoms with E-state index >= 15 is 0 Å². The highest BCUT2D eigenvalue weighted by Gasteiger charge is 2.30. The number of unbranched alkanes of at least 4 members (excludes halogenated alkanes) is 1. The molecule has 0 aliphatic heterocycles. The Morgan fingerprint density at radius 1 is 1.36 bits per heavy atom. The minimum absolute atomic E-state index is 0.00986. The molecule has 0 aromatic rings. The van der Waals surface area contributed by atoms with Crippen molar-refractivity contribution in [2.24, 2.45) is 11.3 Å². The molecule has 0 saturated heterocycles. The van der Waals surface area contributed by atoms with Crippen molar-refractivity contribution in [3.63, 3.8) is 0 Å². The predicted molar refractivity (Wildman–Crippen MR) is 59.1 cm³/mol. The van der Waals surface area contributed by atoms with E-state index in [1.807, 2.05) is 6.92 Å². The van der Waals surface area contributed by atoms with E-state index in [1.54, 1.807) is 0 Å². The van der Waals surface area contributed by atoms with Crippen molar-refractivity contribution >= 4 is 5.97 Å². The van der Waals surface area contributed by atoms with Gasteiger partial charge in [0.05, 0.1) is 12.5 Å². The van der Waals surface area contributed by atoms with Crippen LogP contribution in [0.2, 0.25) is 0 Å². The molecular formula is C12H24O2. The van der Waals surface area contributed by atoms with E-state index < -0.39 is 0 Å². The summed E-state index contributed by atoms with van der Waals surface area (Å²) in [6.45, 7) is 10.9. The molecule has 0 N–H and O–H groups in total. The van der Waals surface area contributed by atoms with Gasteiger partial charge < -0.3 is 4.74 Å². The molecule has 1 atom stereocenters. The van der Waals surface area contributed by atoms with Crippen LogP contribution in [0.1, 0.15) is 53.9 Å². The number of esters is 1. The fourth-order valence-corrected chi connectivity index (χ4v) is 1.07. The monoisotopic (exact) mass is 200 g/mol. The van der Waals surface area contributed by atoms with Gasteiger partial charge in [0.25, 0.3) is 0 Å². The maximum Gasteiger partial charge on any atom is 0.309 e. The summed E-state index contributed by atoms with van der Waals surface area (Å²) in [5.74, 6) is -0.0605. The van der Waals surface area contributed by atoms with Gasteiger partial charge in [-0.1, -0.05) is 47.5 Å². The first-order chi connectivity index (χ1) is 6.45. The van der Waals surface area contributed by atoms with Gasteiger partial charge in [-0.05, 0) is 11.8 Å².